The van der Waals surface area contributed by atoms with Crippen LogP contribution in [-0.2, 0) is 6.54 Å². The molecule has 1 N–H and O–H groups in total. The second-order valence-corrected chi connectivity index (χ2v) is 6.62. The van der Waals surface area contributed by atoms with E-state index in [1.54, 1.807) is 50.2 Å². The lowest BCUT2D eigenvalue weighted by Gasteiger charge is -2.13. The molecule has 3 aromatic rings. The third kappa shape index (κ3) is 4.09. The van der Waals surface area contributed by atoms with Gasteiger partial charge in [0.15, 0.2) is 11.5 Å². The van der Waals surface area contributed by atoms with Crippen LogP contribution >= 0.6 is 0 Å². The Balaban J connectivity index is 1.88. The van der Waals surface area contributed by atoms with Gasteiger partial charge in [-0.05, 0) is 37.6 Å². The van der Waals surface area contributed by atoms with Crippen molar-refractivity contribution in [2.45, 2.75) is 20.4 Å². The van der Waals surface area contributed by atoms with Crippen molar-refractivity contribution >= 4 is 17.3 Å². The smallest absolute Gasteiger partial charge is 0.312 e. The van der Waals surface area contributed by atoms with Crippen molar-refractivity contribution < 1.29 is 19.2 Å². The molecule has 0 radical (unpaired) electrons. The topological polar surface area (TPSA) is 109 Å². The highest BCUT2D eigenvalue weighted by atomic mass is 16.6. The van der Waals surface area contributed by atoms with Crippen LogP contribution in [0.4, 0.5) is 11.4 Å². The van der Waals surface area contributed by atoms with E-state index in [1.165, 1.54) is 18.9 Å². The summed E-state index contributed by atoms with van der Waals surface area (Å²) in [6.07, 6.45) is 0. The molecule has 0 aliphatic heterocycles. The number of ether oxygens (including phenoxy) is 2. The molecule has 0 atom stereocenters. The number of carbonyl (C=O) groups excluding carboxylic acids is 1. The van der Waals surface area contributed by atoms with Gasteiger partial charge >= 0.3 is 5.69 Å². The Kier molecular flexibility index (Phi) is 6.01. The number of benzene rings is 2. The number of nitrogens with zero attached hydrogens (tertiary/aromatic N) is 3. The predicted octanol–water partition coefficient (Wildman–Crippen LogP) is 3.73. The van der Waals surface area contributed by atoms with Crippen LogP contribution in [0.5, 0.6) is 11.5 Å². The second kappa shape index (κ2) is 8.64. The maximum absolute atomic E-state index is 12.9. The molecule has 30 heavy (non-hydrogen) atoms. The summed E-state index contributed by atoms with van der Waals surface area (Å²) < 4.78 is 12.0. The number of aryl methyl sites for hydroxylation is 1. The monoisotopic (exact) mass is 410 g/mol. The van der Waals surface area contributed by atoms with E-state index in [2.05, 4.69) is 10.4 Å². The highest BCUT2D eigenvalue weighted by molar-refractivity contribution is 6.05. The molecule has 0 saturated carbocycles. The molecular weight excluding hydrogens is 388 g/mol. The Bertz CT molecular complexity index is 1110. The van der Waals surface area contributed by atoms with Crippen molar-refractivity contribution in [2.24, 2.45) is 0 Å². The molecule has 0 aliphatic carbocycles. The van der Waals surface area contributed by atoms with Gasteiger partial charge in [-0.15, -0.1) is 0 Å². The van der Waals surface area contributed by atoms with Crippen molar-refractivity contribution in [3.8, 4) is 11.5 Å². The van der Waals surface area contributed by atoms with E-state index in [1.807, 2.05) is 6.07 Å². The normalized spacial score (nSPS) is 10.5. The molecule has 0 saturated heterocycles. The van der Waals surface area contributed by atoms with Gasteiger partial charge < -0.3 is 14.8 Å². The van der Waals surface area contributed by atoms with Crippen LogP contribution < -0.4 is 14.8 Å². The summed E-state index contributed by atoms with van der Waals surface area (Å²) >= 11 is 0. The summed E-state index contributed by atoms with van der Waals surface area (Å²) in [5, 5.41) is 18.4. The maximum atomic E-state index is 12.9. The van der Waals surface area contributed by atoms with Gasteiger partial charge in [-0.1, -0.05) is 18.2 Å². The molecule has 2 aromatic carbocycles. The Morgan fingerprint density at radius 3 is 2.47 bits per heavy atom. The van der Waals surface area contributed by atoms with E-state index in [0.29, 0.717) is 39.7 Å². The van der Waals surface area contributed by atoms with Gasteiger partial charge in [-0.3, -0.25) is 19.6 Å². The number of carbonyl (C=O) groups is 1. The molecule has 0 bridgehead atoms. The summed E-state index contributed by atoms with van der Waals surface area (Å²) in [6.45, 7) is 3.47. The van der Waals surface area contributed by atoms with Gasteiger partial charge in [0.05, 0.1) is 25.7 Å². The van der Waals surface area contributed by atoms with Crippen molar-refractivity contribution in [3.63, 3.8) is 0 Å². The lowest BCUT2D eigenvalue weighted by Crippen LogP contribution is -2.16. The number of nitro groups is 1. The van der Waals surface area contributed by atoms with E-state index < -0.39 is 4.92 Å². The number of methoxy groups -OCH3 is 2. The molecule has 1 aromatic heterocycles. The number of hydrogen-bond donors (Lipinski definition) is 1. The Labute approximate surface area is 173 Å². The zero-order valence-corrected chi connectivity index (χ0v) is 17.1. The average Bonchev–Trinajstić information content (AvgIpc) is 3.01. The van der Waals surface area contributed by atoms with Gasteiger partial charge in [0, 0.05) is 17.3 Å². The quantitative estimate of drug-likeness (QED) is 0.470. The van der Waals surface area contributed by atoms with E-state index in [9.17, 15) is 14.9 Å². The van der Waals surface area contributed by atoms with Crippen LogP contribution in [0, 0.1) is 24.0 Å². The molecule has 9 nitrogen and oxygen atoms in total. The summed E-state index contributed by atoms with van der Waals surface area (Å²) in [5.74, 6) is 0.745. The van der Waals surface area contributed by atoms with Gasteiger partial charge in [0.25, 0.3) is 5.91 Å². The minimum Gasteiger partial charge on any atom is -0.493 e. The highest BCUT2D eigenvalue weighted by Crippen LogP contribution is 2.30. The number of rotatable bonds is 7. The van der Waals surface area contributed by atoms with Crippen LogP contribution in [0.25, 0.3) is 0 Å². The summed E-state index contributed by atoms with van der Waals surface area (Å²) in [4.78, 5) is 23.7. The van der Waals surface area contributed by atoms with Gasteiger partial charge in [0.2, 0.25) is 0 Å². The minimum atomic E-state index is -0.441. The molecule has 9 heteroatoms. The number of anilines is 1. The van der Waals surface area contributed by atoms with E-state index in [4.69, 9.17) is 9.47 Å². The second-order valence-electron chi connectivity index (χ2n) is 6.62. The van der Waals surface area contributed by atoms with E-state index in [0.717, 1.165) is 0 Å². The van der Waals surface area contributed by atoms with E-state index in [-0.39, 0.29) is 18.1 Å². The van der Waals surface area contributed by atoms with Crippen LogP contribution in [0.1, 0.15) is 27.3 Å². The molecule has 0 fully saturated rings. The Morgan fingerprint density at radius 1 is 1.13 bits per heavy atom. The van der Waals surface area contributed by atoms with E-state index >= 15 is 0 Å². The first-order valence-corrected chi connectivity index (χ1v) is 9.15. The number of amides is 1. The first kappa shape index (κ1) is 20.8. The number of aromatic nitrogens is 2. The van der Waals surface area contributed by atoms with Gasteiger partial charge in [-0.2, -0.15) is 5.10 Å². The molecule has 1 amide bonds. The maximum Gasteiger partial charge on any atom is 0.312 e. The fraction of sp³-hybridized carbons (Fsp3) is 0.238. The fourth-order valence-corrected chi connectivity index (χ4v) is 3.26. The first-order chi connectivity index (χ1) is 14.3. The van der Waals surface area contributed by atoms with Crippen molar-refractivity contribution in [3.05, 3.63) is 75.1 Å². The summed E-state index contributed by atoms with van der Waals surface area (Å²) in [7, 11) is 3.06. The molecule has 156 valence electrons. The number of hydrogen-bond acceptors (Lipinski definition) is 6. The summed E-state index contributed by atoms with van der Waals surface area (Å²) in [5.41, 5.74) is 2.45. The third-order valence-electron chi connectivity index (χ3n) is 4.75. The molecular formula is C21H22N4O5. The first-order valence-electron chi connectivity index (χ1n) is 9.15. The number of nitrogens with one attached hydrogen (secondary N) is 1. The standard InChI is InChI=1S/C21H22N4O5/c1-13-20(25(27)28)14(2)24(23-13)12-15-7-5-6-8-17(15)21(26)22-16-9-10-18(29-3)19(11-16)30-4/h5-11H,12H2,1-4H3,(H,22,26). The zero-order valence-electron chi connectivity index (χ0n) is 17.1. The molecule has 0 spiro atoms. The lowest BCUT2D eigenvalue weighted by atomic mass is 10.1. The van der Waals surface area contributed by atoms with Crippen LogP contribution in [-0.4, -0.2) is 34.8 Å². The zero-order chi connectivity index (χ0) is 21.8. The van der Waals surface area contributed by atoms with Gasteiger partial charge in [0.1, 0.15) is 11.4 Å². The Morgan fingerprint density at radius 2 is 1.83 bits per heavy atom. The molecule has 1 heterocycles. The third-order valence-corrected chi connectivity index (χ3v) is 4.75. The van der Waals surface area contributed by atoms with Crippen LogP contribution in [0.2, 0.25) is 0 Å². The largest absolute Gasteiger partial charge is 0.493 e. The minimum absolute atomic E-state index is 0.0118. The molecule has 3 rings (SSSR count). The van der Waals surface area contributed by atoms with Crippen LogP contribution in [0.15, 0.2) is 42.5 Å². The van der Waals surface area contributed by atoms with Crippen LogP contribution in [0.3, 0.4) is 0 Å². The fourth-order valence-electron chi connectivity index (χ4n) is 3.26. The van der Waals surface area contributed by atoms with Crippen molar-refractivity contribution in [1.82, 2.24) is 9.78 Å². The predicted molar refractivity (Wildman–Crippen MR) is 111 cm³/mol. The SMILES string of the molecule is COc1ccc(NC(=O)c2ccccc2Cn2nc(C)c([N+](=O)[O-])c2C)cc1OC. The molecule has 0 unspecified atom stereocenters. The Hall–Kier alpha value is -3.88. The van der Waals surface area contributed by atoms with Crippen molar-refractivity contribution in [2.75, 3.05) is 19.5 Å². The average molecular weight is 410 g/mol. The van der Waals surface area contributed by atoms with Gasteiger partial charge in [-0.25, -0.2) is 0 Å². The highest BCUT2D eigenvalue weighted by Gasteiger charge is 2.22. The lowest BCUT2D eigenvalue weighted by molar-refractivity contribution is -0.386. The summed E-state index contributed by atoms with van der Waals surface area (Å²) in [6, 6.07) is 12.2. The molecule has 0 aliphatic rings. The van der Waals surface area contributed by atoms with Crippen molar-refractivity contribution in [1.29, 1.82) is 0 Å².